The molecule has 51 heavy (non-hydrogen) atoms. The number of benzene rings is 4. The largest absolute Gasteiger partial charge is 0.493 e. The molecule has 0 N–H and O–H groups in total. The van der Waals surface area contributed by atoms with Crippen LogP contribution in [0.3, 0.4) is 0 Å². The van der Waals surface area contributed by atoms with Gasteiger partial charge < -0.3 is 19.1 Å². The Bertz CT molecular complexity index is 1900. The highest BCUT2D eigenvalue weighted by Crippen LogP contribution is 2.27. The zero-order chi connectivity index (χ0) is 34.7. The van der Waals surface area contributed by atoms with Gasteiger partial charge in [0.1, 0.15) is 29.7 Å². The van der Waals surface area contributed by atoms with Crippen molar-refractivity contribution in [2.45, 2.75) is 26.5 Å². The van der Waals surface area contributed by atoms with Crippen LogP contribution in [0.5, 0.6) is 23.1 Å². The first kappa shape index (κ1) is 37.4. The van der Waals surface area contributed by atoms with Crippen LogP contribution in [-0.2, 0) is 24.4 Å². The normalized spacial score (nSPS) is 13.1. The Balaban J connectivity index is 0.00000504. The van der Waals surface area contributed by atoms with Crippen LogP contribution >= 0.6 is 24.0 Å². The molecule has 0 saturated carbocycles. The molecule has 0 aliphatic carbocycles. The molecule has 1 amide bonds. The van der Waals surface area contributed by atoms with Crippen molar-refractivity contribution in [3.05, 3.63) is 154 Å². The van der Waals surface area contributed by atoms with E-state index in [-0.39, 0.29) is 24.1 Å². The summed E-state index contributed by atoms with van der Waals surface area (Å²) < 4.78 is 30.6. The number of nitrogens with zero attached hydrogens (tertiary/aromatic N) is 3. The molecule has 0 spiro atoms. The molecule has 7 nitrogen and oxygen atoms in total. The van der Waals surface area contributed by atoms with E-state index in [0.29, 0.717) is 54.5 Å². The third kappa shape index (κ3) is 11.0. The fourth-order valence-corrected chi connectivity index (χ4v) is 5.77. The third-order valence-corrected chi connectivity index (χ3v) is 8.85. The summed E-state index contributed by atoms with van der Waals surface area (Å²) in [6.45, 7) is 6.70. The molecule has 1 saturated heterocycles. The van der Waals surface area contributed by atoms with Gasteiger partial charge in [-0.05, 0) is 83.8 Å². The van der Waals surface area contributed by atoms with E-state index >= 15 is 0 Å². The smallest absolute Gasteiger partial charge is 0.246 e. The number of aryl methyl sites for hydroxylation is 1. The first-order valence-electron chi connectivity index (χ1n) is 16.6. The molecule has 1 fully saturated rings. The average molecular weight is 729 g/mol. The molecule has 6 rings (SSSR count). The number of ether oxygens (including phenoxy) is 3. The fourth-order valence-electron chi connectivity index (χ4n) is 5.58. The Morgan fingerprint density at radius 2 is 1.59 bits per heavy atom. The summed E-state index contributed by atoms with van der Waals surface area (Å²) >= 11 is 6.21. The first-order chi connectivity index (χ1) is 24.4. The van der Waals surface area contributed by atoms with Gasteiger partial charge in [-0.15, -0.1) is 12.4 Å². The van der Waals surface area contributed by atoms with Crippen LogP contribution < -0.4 is 14.2 Å². The number of aromatic nitrogens is 1. The van der Waals surface area contributed by atoms with Gasteiger partial charge in [-0.1, -0.05) is 60.1 Å². The van der Waals surface area contributed by atoms with E-state index in [4.69, 9.17) is 25.8 Å². The number of halogens is 3. The number of hydrogen-bond acceptors (Lipinski definition) is 6. The molecular formula is C41H40Cl2FN3O4. The highest BCUT2D eigenvalue weighted by molar-refractivity contribution is 6.31. The molecule has 264 valence electrons. The fraction of sp³-hybridized carbons (Fsp3) is 0.220. The second kappa shape index (κ2) is 18.4. The van der Waals surface area contributed by atoms with Crippen molar-refractivity contribution in [1.29, 1.82) is 0 Å². The SMILES string of the molecule is Cc1cc(C=CC(=O)N2CCN(Cc3ccc(CCOc4ccc(F)cc4)cc3)CC2)ccc1Oc1ccc(OCc2ccccc2Cl)cn1.Cl. The number of amides is 1. The Morgan fingerprint density at radius 3 is 2.29 bits per heavy atom. The Hall–Kier alpha value is -4.89. The lowest BCUT2D eigenvalue weighted by atomic mass is 10.1. The van der Waals surface area contributed by atoms with Crippen LogP contribution in [-0.4, -0.2) is 53.5 Å². The molecule has 1 aliphatic rings. The van der Waals surface area contributed by atoms with Crippen LogP contribution in [0.25, 0.3) is 6.08 Å². The standard InChI is InChI=1S/C41H39ClFN3O4.ClH/c1-30-26-32(10-17-39(30)50-40-18-16-37(27-44-40)49-29-34-4-2-3-5-38(34)42)11-19-41(47)46-23-21-45(22-24-46)28-33-8-6-31(7-9-33)20-25-48-36-14-12-35(43)13-15-36;/h2-19,26-27H,20-25,28-29H2,1H3;1H. The van der Waals surface area contributed by atoms with Gasteiger partial charge in [-0.2, -0.15) is 0 Å². The van der Waals surface area contributed by atoms with Gasteiger partial charge >= 0.3 is 0 Å². The molecule has 0 radical (unpaired) electrons. The van der Waals surface area contributed by atoms with E-state index in [9.17, 15) is 9.18 Å². The molecule has 1 aliphatic heterocycles. The number of carbonyl (C=O) groups is 1. The average Bonchev–Trinajstić information content (AvgIpc) is 3.14. The molecular weight excluding hydrogens is 688 g/mol. The maximum Gasteiger partial charge on any atom is 0.246 e. The predicted octanol–water partition coefficient (Wildman–Crippen LogP) is 8.95. The van der Waals surface area contributed by atoms with Crippen LogP contribution in [0.2, 0.25) is 5.02 Å². The molecule has 10 heteroatoms. The quantitative estimate of drug-likeness (QED) is 0.113. The van der Waals surface area contributed by atoms with Gasteiger partial charge in [0.25, 0.3) is 0 Å². The lowest BCUT2D eigenvalue weighted by molar-refractivity contribution is -0.127. The van der Waals surface area contributed by atoms with E-state index in [1.165, 1.54) is 23.3 Å². The van der Waals surface area contributed by atoms with Crippen LogP contribution in [0, 0.1) is 12.7 Å². The summed E-state index contributed by atoms with van der Waals surface area (Å²) in [5.41, 5.74) is 5.18. The van der Waals surface area contributed by atoms with Crippen molar-refractivity contribution in [3.63, 3.8) is 0 Å². The van der Waals surface area contributed by atoms with Crippen molar-refractivity contribution in [3.8, 4) is 23.1 Å². The number of pyridine rings is 1. The highest BCUT2D eigenvalue weighted by atomic mass is 35.5. The summed E-state index contributed by atoms with van der Waals surface area (Å²) in [7, 11) is 0. The summed E-state index contributed by atoms with van der Waals surface area (Å²) in [5, 5.41) is 0.664. The molecule has 0 unspecified atom stereocenters. The van der Waals surface area contributed by atoms with Crippen molar-refractivity contribution < 1.29 is 23.4 Å². The minimum absolute atomic E-state index is 0. The molecule has 5 aromatic rings. The summed E-state index contributed by atoms with van der Waals surface area (Å²) in [4.78, 5) is 21.6. The minimum atomic E-state index is -0.270. The monoisotopic (exact) mass is 727 g/mol. The van der Waals surface area contributed by atoms with Gasteiger partial charge in [-0.3, -0.25) is 9.69 Å². The number of hydrogen-bond donors (Lipinski definition) is 0. The van der Waals surface area contributed by atoms with Crippen molar-refractivity contribution >= 4 is 36.0 Å². The van der Waals surface area contributed by atoms with E-state index in [1.54, 1.807) is 30.5 Å². The van der Waals surface area contributed by atoms with Crippen LogP contribution in [0.4, 0.5) is 4.39 Å². The van der Waals surface area contributed by atoms with Crippen molar-refractivity contribution in [1.82, 2.24) is 14.8 Å². The Morgan fingerprint density at radius 1 is 0.863 bits per heavy atom. The number of carbonyl (C=O) groups excluding carboxylic acids is 1. The predicted molar refractivity (Wildman–Crippen MR) is 201 cm³/mol. The molecule has 2 heterocycles. The van der Waals surface area contributed by atoms with Gasteiger partial charge in [-0.25, -0.2) is 9.37 Å². The molecule has 1 aromatic heterocycles. The van der Waals surface area contributed by atoms with Gasteiger partial charge in [0.2, 0.25) is 11.8 Å². The third-order valence-electron chi connectivity index (χ3n) is 8.48. The Labute approximate surface area is 309 Å². The lowest BCUT2D eigenvalue weighted by Crippen LogP contribution is -2.47. The zero-order valence-electron chi connectivity index (χ0n) is 28.3. The second-order valence-corrected chi connectivity index (χ2v) is 12.6. The summed E-state index contributed by atoms with van der Waals surface area (Å²) in [6, 6.07) is 31.6. The topological polar surface area (TPSA) is 64.1 Å². The van der Waals surface area contributed by atoms with E-state index < -0.39 is 0 Å². The molecule has 0 atom stereocenters. The Kier molecular flexibility index (Phi) is 13.5. The number of piperazine rings is 1. The lowest BCUT2D eigenvalue weighted by Gasteiger charge is -2.34. The highest BCUT2D eigenvalue weighted by Gasteiger charge is 2.19. The van der Waals surface area contributed by atoms with Crippen molar-refractivity contribution in [2.24, 2.45) is 0 Å². The molecule has 4 aromatic carbocycles. The molecule has 0 bridgehead atoms. The van der Waals surface area contributed by atoms with Crippen LogP contribution in [0.15, 0.2) is 115 Å². The van der Waals surface area contributed by atoms with E-state index in [0.717, 1.165) is 42.7 Å². The van der Waals surface area contributed by atoms with E-state index in [1.807, 2.05) is 66.4 Å². The number of rotatable bonds is 13. The zero-order valence-corrected chi connectivity index (χ0v) is 29.9. The van der Waals surface area contributed by atoms with Gasteiger partial charge in [0.15, 0.2) is 0 Å². The van der Waals surface area contributed by atoms with Gasteiger partial charge in [0.05, 0.1) is 12.8 Å². The maximum atomic E-state index is 13.1. The summed E-state index contributed by atoms with van der Waals surface area (Å²) in [6.07, 6.45) is 5.89. The maximum absolute atomic E-state index is 13.1. The van der Waals surface area contributed by atoms with E-state index in [2.05, 4.69) is 34.1 Å². The van der Waals surface area contributed by atoms with Crippen molar-refractivity contribution in [2.75, 3.05) is 32.8 Å². The minimum Gasteiger partial charge on any atom is -0.493 e. The van der Waals surface area contributed by atoms with Crippen LogP contribution in [0.1, 0.15) is 27.8 Å². The second-order valence-electron chi connectivity index (χ2n) is 12.1. The first-order valence-corrected chi connectivity index (χ1v) is 17.0. The summed E-state index contributed by atoms with van der Waals surface area (Å²) in [5.74, 6) is 2.17. The van der Waals surface area contributed by atoms with Gasteiger partial charge in [0, 0.05) is 61.9 Å².